The van der Waals surface area contributed by atoms with Gasteiger partial charge in [-0.25, -0.2) is 9.78 Å². The summed E-state index contributed by atoms with van der Waals surface area (Å²) < 4.78 is 4.97. The van der Waals surface area contributed by atoms with Gasteiger partial charge in [0.05, 0.1) is 0 Å². The Bertz CT molecular complexity index is 724. The first-order valence-corrected chi connectivity index (χ1v) is 8.95. The van der Waals surface area contributed by atoms with Crippen molar-refractivity contribution in [1.82, 2.24) is 4.98 Å². The van der Waals surface area contributed by atoms with E-state index in [9.17, 15) is 9.59 Å². The zero-order valence-corrected chi connectivity index (χ0v) is 14.7. The number of carbonyl (C=O) groups is 2. The van der Waals surface area contributed by atoms with E-state index >= 15 is 0 Å². The van der Waals surface area contributed by atoms with E-state index < -0.39 is 5.97 Å². The van der Waals surface area contributed by atoms with Crippen LogP contribution in [0, 0.1) is 0 Å². The van der Waals surface area contributed by atoms with Gasteiger partial charge < -0.3 is 15.0 Å². The molecule has 0 aliphatic carbocycles. The van der Waals surface area contributed by atoms with Crippen LogP contribution in [0.25, 0.3) is 0 Å². The maximum Gasteiger partial charge on any atom is 0.357 e. The van der Waals surface area contributed by atoms with E-state index in [1.54, 1.807) is 18.2 Å². The average molecular weight is 353 g/mol. The summed E-state index contributed by atoms with van der Waals surface area (Å²) in [6.45, 7) is 1.81. The topological polar surface area (TPSA) is 71.5 Å². The number of rotatable bonds is 5. The fourth-order valence-corrected chi connectivity index (χ4v) is 2.97. The molecular weight excluding hydrogens is 330 g/mol. The predicted octanol–water partition coefficient (Wildman–Crippen LogP) is 3.26. The molecule has 26 heavy (non-hydrogen) atoms. The normalized spacial score (nSPS) is 14.4. The summed E-state index contributed by atoms with van der Waals surface area (Å²) in [6.07, 6.45) is 6.53. The lowest BCUT2D eigenvalue weighted by Gasteiger charge is -2.22. The molecule has 1 N–H and O–H groups in total. The molecule has 1 aliphatic rings. The van der Waals surface area contributed by atoms with Crippen molar-refractivity contribution in [1.29, 1.82) is 0 Å². The molecule has 0 spiro atoms. The minimum absolute atomic E-state index is 0.183. The molecule has 6 nitrogen and oxygen atoms in total. The number of benzene rings is 1. The summed E-state index contributed by atoms with van der Waals surface area (Å²) in [5.74, 6) is -0.992. The summed E-state index contributed by atoms with van der Waals surface area (Å²) in [4.78, 5) is 30.0. The zero-order valence-electron chi connectivity index (χ0n) is 14.7. The van der Waals surface area contributed by atoms with Gasteiger partial charge in [0.1, 0.15) is 5.69 Å². The minimum atomic E-state index is -0.614. The first-order valence-electron chi connectivity index (χ1n) is 8.95. The number of aromatic nitrogens is 1. The quantitative estimate of drug-likeness (QED) is 0.836. The molecule has 1 saturated heterocycles. The number of amides is 1. The van der Waals surface area contributed by atoms with Crippen molar-refractivity contribution in [3.05, 3.63) is 54.4 Å². The van der Waals surface area contributed by atoms with Crippen molar-refractivity contribution in [2.75, 3.05) is 29.9 Å². The number of carbonyl (C=O) groups excluding carboxylic acids is 2. The van der Waals surface area contributed by atoms with E-state index in [1.807, 2.05) is 24.3 Å². The highest BCUT2D eigenvalue weighted by atomic mass is 16.5. The van der Waals surface area contributed by atoms with Gasteiger partial charge in [-0.1, -0.05) is 18.9 Å². The molecule has 2 heterocycles. The van der Waals surface area contributed by atoms with Crippen LogP contribution in [0.1, 0.15) is 36.2 Å². The van der Waals surface area contributed by atoms with Crippen LogP contribution in [0.5, 0.6) is 0 Å². The van der Waals surface area contributed by atoms with Gasteiger partial charge in [0.2, 0.25) is 0 Å². The highest BCUT2D eigenvalue weighted by molar-refractivity contribution is 5.94. The van der Waals surface area contributed by atoms with Crippen molar-refractivity contribution in [3.63, 3.8) is 0 Å². The molecule has 3 rings (SSSR count). The number of nitrogens with one attached hydrogen (secondary N) is 1. The Morgan fingerprint density at radius 2 is 1.73 bits per heavy atom. The van der Waals surface area contributed by atoms with Gasteiger partial charge in [0.15, 0.2) is 6.61 Å². The highest BCUT2D eigenvalue weighted by Gasteiger charge is 2.12. The maximum absolute atomic E-state index is 12.0. The SMILES string of the molecule is O=C(COC(=O)c1ccccn1)Nc1ccc(N2CCCCCC2)cc1. The molecule has 0 saturated carbocycles. The van der Waals surface area contributed by atoms with Crippen LogP contribution >= 0.6 is 0 Å². The number of hydrogen-bond acceptors (Lipinski definition) is 5. The van der Waals surface area contributed by atoms with Crippen LogP contribution in [-0.2, 0) is 9.53 Å². The Balaban J connectivity index is 1.49. The maximum atomic E-state index is 12.0. The second kappa shape index (κ2) is 8.99. The van der Waals surface area contributed by atoms with Crippen molar-refractivity contribution in [2.45, 2.75) is 25.7 Å². The minimum Gasteiger partial charge on any atom is -0.451 e. The van der Waals surface area contributed by atoms with E-state index in [0.717, 1.165) is 13.1 Å². The van der Waals surface area contributed by atoms with Crippen LogP contribution in [0.3, 0.4) is 0 Å². The van der Waals surface area contributed by atoms with Crippen LogP contribution in [0.15, 0.2) is 48.7 Å². The second-order valence-electron chi connectivity index (χ2n) is 6.29. The molecule has 0 unspecified atom stereocenters. The number of hydrogen-bond donors (Lipinski definition) is 1. The Labute approximate surface area is 153 Å². The molecule has 1 amide bonds. The first-order chi connectivity index (χ1) is 12.7. The van der Waals surface area contributed by atoms with Gasteiger partial charge in [0.25, 0.3) is 5.91 Å². The summed E-state index contributed by atoms with van der Waals surface area (Å²) in [5.41, 5.74) is 2.04. The number of pyridine rings is 1. The van der Waals surface area contributed by atoms with Gasteiger partial charge in [-0.2, -0.15) is 0 Å². The van der Waals surface area contributed by atoms with Crippen LogP contribution in [0.4, 0.5) is 11.4 Å². The zero-order chi connectivity index (χ0) is 18.2. The molecule has 2 aromatic rings. The molecule has 1 aliphatic heterocycles. The monoisotopic (exact) mass is 353 g/mol. The van der Waals surface area contributed by atoms with Crippen LogP contribution < -0.4 is 10.2 Å². The number of esters is 1. The highest BCUT2D eigenvalue weighted by Crippen LogP contribution is 2.21. The van der Waals surface area contributed by atoms with Gasteiger partial charge in [-0.3, -0.25) is 4.79 Å². The molecule has 1 aromatic carbocycles. The van der Waals surface area contributed by atoms with Gasteiger partial charge in [-0.15, -0.1) is 0 Å². The van der Waals surface area contributed by atoms with Crippen LogP contribution in [0.2, 0.25) is 0 Å². The fraction of sp³-hybridized carbons (Fsp3) is 0.350. The van der Waals surface area contributed by atoms with Crippen molar-refractivity contribution < 1.29 is 14.3 Å². The Hall–Kier alpha value is -2.89. The van der Waals surface area contributed by atoms with Gasteiger partial charge in [-0.05, 0) is 49.2 Å². The largest absolute Gasteiger partial charge is 0.451 e. The molecule has 0 radical (unpaired) electrons. The van der Waals surface area contributed by atoms with Crippen LogP contribution in [-0.4, -0.2) is 36.6 Å². The van der Waals surface area contributed by atoms with Crippen molar-refractivity contribution in [3.8, 4) is 0 Å². The molecule has 6 heteroatoms. The molecule has 0 bridgehead atoms. The van der Waals surface area contributed by atoms with E-state index in [2.05, 4.69) is 15.2 Å². The summed E-state index contributed by atoms with van der Waals surface area (Å²) in [6, 6.07) is 12.7. The third-order valence-corrected chi connectivity index (χ3v) is 4.33. The lowest BCUT2D eigenvalue weighted by atomic mass is 10.2. The number of ether oxygens (including phenoxy) is 1. The van der Waals surface area contributed by atoms with Gasteiger partial charge in [0, 0.05) is 30.7 Å². The first kappa shape index (κ1) is 17.9. The smallest absolute Gasteiger partial charge is 0.357 e. The average Bonchev–Trinajstić information content (AvgIpc) is 2.97. The summed E-state index contributed by atoms with van der Waals surface area (Å²) >= 11 is 0. The van der Waals surface area contributed by atoms with E-state index in [-0.39, 0.29) is 18.2 Å². The van der Waals surface area contributed by atoms with E-state index in [4.69, 9.17) is 4.74 Å². The summed E-state index contributed by atoms with van der Waals surface area (Å²) in [5, 5.41) is 2.74. The van der Waals surface area contributed by atoms with E-state index in [0.29, 0.717) is 5.69 Å². The third kappa shape index (κ3) is 5.05. The van der Waals surface area contributed by atoms with Crippen molar-refractivity contribution in [2.24, 2.45) is 0 Å². The Kier molecular flexibility index (Phi) is 6.19. The lowest BCUT2D eigenvalue weighted by molar-refractivity contribution is -0.119. The third-order valence-electron chi connectivity index (χ3n) is 4.33. The molecule has 1 fully saturated rings. The predicted molar refractivity (Wildman–Crippen MR) is 100 cm³/mol. The summed E-state index contributed by atoms with van der Waals surface area (Å²) in [7, 11) is 0. The van der Waals surface area contributed by atoms with Crippen molar-refractivity contribution >= 4 is 23.3 Å². The molecule has 1 aromatic heterocycles. The van der Waals surface area contributed by atoms with E-state index in [1.165, 1.54) is 37.6 Å². The standard InChI is InChI=1S/C20H23N3O3/c24-19(15-26-20(25)18-7-3-4-12-21-18)22-16-8-10-17(11-9-16)23-13-5-1-2-6-14-23/h3-4,7-12H,1-2,5-6,13-15H2,(H,22,24). The molecular formula is C20H23N3O3. The molecule has 0 atom stereocenters. The Morgan fingerprint density at radius 1 is 1.00 bits per heavy atom. The number of nitrogens with zero attached hydrogens (tertiary/aromatic N) is 2. The number of anilines is 2. The fourth-order valence-electron chi connectivity index (χ4n) is 2.97. The Morgan fingerprint density at radius 3 is 2.38 bits per heavy atom. The molecule has 136 valence electrons. The lowest BCUT2D eigenvalue weighted by Crippen LogP contribution is -2.24. The second-order valence-corrected chi connectivity index (χ2v) is 6.29. The van der Waals surface area contributed by atoms with Gasteiger partial charge >= 0.3 is 5.97 Å².